The Labute approximate surface area is 300 Å². The Kier molecular flexibility index (Phi) is 14.3. The number of carbonyl (C=O) groups is 3. The van der Waals surface area contributed by atoms with Crippen molar-refractivity contribution in [1.82, 2.24) is 21.0 Å². The van der Waals surface area contributed by atoms with Crippen LogP contribution in [0.3, 0.4) is 0 Å². The molecule has 270 valence electrons. The van der Waals surface area contributed by atoms with Crippen molar-refractivity contribution in [2.24, 2.45) is 28.1 Å². The Morgan fingerprint density at radius 1 is 0.824 bits per heavy atom. The number of aromatic amines is 1. The summed E-state index contributed by atoms with van der Waals surface area (Å²) in [7, 11) is 0. The summed E-state index contributed by atoms with van der Waals surface area (Å²) in [6.45, 7) is 0.0356. The van der Waals surface area contributed by atoms with Crippen LogP contribution in [0.1, 0.15) is 42.4 Å². The zero-order valence-electron chi connectivity index (χ0n) is 28.1. The largest absolute Gasteiger partial charge is 0.368 e. The Morgan fingerprint density at radius 2 is 1.49 bits per heavy atom. The van der Waals surface area contributed by atoms with E-state index in [1.165, 1.54) is 0 Å². The highest BCUT2D eigenvalue weighted by atomic mass is 35.5. The van der Waals surface area contributed by atoms with Gasteiger partial charge < -0.3 is 32.8 Å². The lowest BCUT2D eigenvalue weighted by Crippen LogP contribution is -2.54. The van der Waals surface area contributed by atoms with E-state index < -0.39 is 40.8 Å². The lowest BCUT2D eigenvalue weighted by molar-refractivity contribution is -0.525. The van der Waals surface area contributed by atoms with Crippen LogP contribution in [0, 0.1) is 16.0 Å². The molecule has 0 fully saturated rings. The van der Waals surface area contributed by atoms with E-state index in [2.05, 4.69) is 20.6 Å². The summed E-state index contributed by atoms with van der Waals surface area (Å²) in [6, 6.07) is 22.2. The van der Waals surface area contributed by atoms with Gasteiger partial charge in [0.15, 0.2) is 5.03 Å². The molecule has 0 aliphatic heterocycles. The van der Waals surface area contributed by atoms with Crippen LogP contribution in [-0.2, 0) is 33.6 Å². The predicted molar refractivity (Wildman–Crippen MR) is 197 cm³/mol. The number of carbonyl (C=O) groups excluding carboxylic acids is 3. The zero-order chi connectivity index (χ0) is 36.8. The molecule has 15 heteroatoms. The molecule has 1 heterocycles. The number of guanidine groups is 1. The minimum atomic E-state index is -1.08. The van der Waals surface area contributed by atoms with Crippen molar-refractivity contribution in [3.8, 4) is 0 Å². The van der Waals surface area contributed by atoms with E-state index in [-0.39, 0.29) is 37.8 Å². The lowest BCUT2D eigenvalue weighted by Gasteiger charge is -2.25. The van der Waals surface area contributed by atoms with Gasteiger partial charge in [0.2, 0.25) is 17.7 Å². The number of halogens is 1. The van der Waals surface area contributed by atoms with Crippen LogP contribution in [0.25, 0.3) is 10.9 Å². The maximum Gasteiger partial charge on any atom is 0.251 e. The number of fused-ring (bicyclic) bond motifs is 1. The van der Waals surface area contributed by atoms with Crippen molar-refractivity contribution in [2.75, 3.05) is 6.54 Å². The van der Waals surface area contributed by atoms with Crippen LogP contribution in [0.2, 0.25) is 5.02 Å². The Bertz CT molecular complexity index is 1800. The number of rotatable bonds is 19. The summed E-state index contributed by atoms with van der Waals surface area (Å²) in [5.41, 5.74) is 23.2. The summed E-state index contributed by atoms with van der Waals surface area (Å²) in [6.07, 6.45) is 4.21. The number of benzene rings is 3. The van der Waals surface area contributed by atoms with Gasteiger partial charge in [0.05, 0.1) is 0 Å². The zero-order valence-corrected chi connectivity index (χ0v) is 28.9. The van der Waals surface area contributed by atoms with Gasteiger partial charge >= 0.3 is 0 Å². The molecule has 10 N–H and O–H groups in total. The molecule has 0 saturated carbocycles. The Balaban J connectivity index is 1.50. The molecular weight excluding hydrogens is 674 g/mol. The molecule has 0 aliphatic rings. The number of hydrazine groups is 1. The third-order valence-corrected chi connectivity index (χ3v) is 8.78. The van der Waals surface area contributed by atoms with E-state index in [1.807, 2.05) is 78.9 Å². The maximum absolute atomic E-state index is 14.0. The number of aliphatic imine (C=N–C) groups is 1. The van der Waals surface area contributed by atoms with E-state index in [0.717, 1.165) is 27.6 Å². The van der Waals surface area contributed by atoms with Crippen LogP contribution in [0.5, 0.6) is 0 Å². The summed E-state index contributed by atoms with van der Waals surface area (Å²) < 4.78 is 0. The fraction of sp³-hybridized carbons (Fsp3) is 0.333. The second kappa shape index (κ2) is 19.1. The quantitative estimate of drug-likeness (QED) is 0.0250. The molecule has 4 rings (SSSR count). The molecule has 0 radical (unpaired) electrons. The number of hydrogen-bond acceptors (Lipinski definition) is 7. The smallest absolute Gasteiger partial charge is 0.251 e. The fourth-order valence-corrected chi connectivity index (χ4v) is 5.99. The number of hydrogen-bond donors (Lipinski definition) is 7. The molecule has 14 nitrogen and oxygen atoms in total. The number of nitrogens with one attached hydrogen (secondary N) is 4. The molecule has 0 aliphatic carbocycles. The number of nitrogens with zero attached hydrogens (tertiary/aromatic N) is 2. The minimum absolute atomic E-state index is 0.0356. The van der Waals surface area contributed by atoms with Crippen LogP contribution in [0.4, 0.5) is 0 Å². The molecule has 0 unspecified atom stereocenters. The average Bonchev–Trinajstić information content (AvgIpc) is 3.51. The van der Waals surface area contributed by atoms with Crippen LogP contribution < -0.4 is 33.3 Å². The third-order valence-electron chi connectivity index (χ3n) is 8.52. The van der Waals surface area contributed by atoms with Crippen LogP contribution in [0.15, 0.2) is 90.1 Å². The monoisotopic (exact) mass is 717 g/mol. The first-order valence-electron chi connectivity index (χ1n) is 16.7. The molecule has 0 saturated heterocycles. The number of primary amides is 1. The van der Waals surface area contributed by atoms with Crippen molar-refractivity contribution >= 4 is 46.2 Å². The first-order valence-corrected chi connectivity index (χ1v) is 17.1. The number of nitro groups is 1. The van der Waals surface area contributed by atoms with E-state index in [1.54, 1.807) is 11.6 Å². The number of amides is 3. The molecule has 1 aromatic heterocycles. The van der Waals surface area contributed by atoms with Crippen molar-refractivity contribution in [3.05, 3.63) is 117 Å². The van der Waals surface area contributed by atoms with Crippen LogP contribution >= 0.6 is 11.6 Å². The highest BCUT2D eigenvalue weighted by Crippen LogP contribution is 2.21. The number of aromatic nitrogens is 1. The third kappa shape index (κ3) is 12.4. The van der Waals surface area contributed by atoms with Gasteiger partial charge in [-0.25, -0.2) is 15.1 Å². The highest BCUT2D eigenvalue weighted by molar-refractivity contribution is 6.30. The molecule has 4 atom stereocenters. The van der Waals surface area contributed by atoms with Crippen molar-refractivity contribution < 1.29 is 19.4 Å². The maximum atomic E-state index is 14.0. The van der Waals surface area contributed by atoms with Crippen molar-refractivity contribution in [2.45, 2.75) is 63.1 Å². The Hall–Kier alpha value is -5.47. The number of para-hydroxylation sites is 1. The average molecular weight is 718 g/mol. The fourth-order valence-electron chi connectivity index (χ4n) is 5.86. The van der Waals surface area contributed by atoms with Gasteiger partial charge in [0, 0.05) is 47.0 Å². The second-order valence-corrected chi connectivity index (χ2v) is 12.9. The first-order chi connectivity index (χ1) is 24.5. The number of H-pyrrole nitrogens is 1. The van der Waals surface area contributed by atoms with E-state index in [0.29, 0.717) is 30.7 Å². The normalized spacial score (nSPS) is 13.9. The van der Waals surface area contributed by atoms with Gasteiger partial charge in [0.1, 0.15) is 12.1 Å². The summed E-state index contributed by atoms with van der Waals surface area (Å²) in [5.74, 6) is -2.63. The molecule has 51 heavy (non-hydrogen) atoms. The van der Waals surface area contributed by atoms with Gasteiger partial charge in [-0.3, -0.25) is 14.4 Å². The topological polar surface area (TPSA) is 237 Å². The molecule has 0 spiro atoms. The minimum Gasteiger partial charge on any atom is -0.368 e. The first kappa shape index (κ1) is 38.3. The predicted octanol–water partition coefficient (Wildman–Crippen LogP) is 2.90. The summed E-state index contributed by atoms with van der Waals surface area (Å²) >= 11 is 6.03. The van der Waals surface area contributed by atoms with Crippen molar-refractivity contribution in [1.29, 1.82) is 0 Å². The van der Waals surface area contributed by atoms with Gasteiger partial charge in [-0.2, -0.15) is 0 Å². The van der Waals surface area contributed by atoms with Gasteiger partial charge in [-0.15, -0.1) is 0 Å². The summed E-state index contributed by atoms with van der Waals surface area (Å²) in [4.78, 5) is 58.1. The van der Waals surface area contributed by atoms with E-state index in [9.17, 15) is 24.5 Å². The van der Waals surface area contributed by atoms with Crippen molar-refractivity contribution in [3.63, 3.8) is 0 Å². The Morgan fingerprint density at radius 3 is 2.20 bits per heavy atom. The van der Waals surface area contributed by atoms with E-state index >= 15 is 0 Å². The van der Waals surface area contributed by atoms with Gasteiger partial charge in [0.25, 0.3) is 5.96 Å². The van der Waals surface area contributed by atoms with E-state index in [4.69, 9.17) is 28.8 Å². The van der Waals surface area contributed by atoms with Crippen LogP contribution in [-0.4, -0.2) is 58.4 Å². The number of nitrogens with two attached hydrogens (primary N) is 3. The molecule has 3 amide bonds. The molecule has 3 aromatic carbocycles. The second-order valence-electron chi connectivity index (χ2n) is 12.4. The standard InChI is InChI=1S/C36H44ClN9O5/c37-27-15-12-24(13-16-27)20-28(38)17-14-25(19-23-7-2-1-3-8-23)34(48)43-31(11-6-18-41-36(40)45-46(50)51)35(49)44-32(33(39)47)21-26-22-42-30-10-5-4-9-29(26)30/h1-5,7-10,12-13,15-16,22,25,28,31-32,42H,6,11,14,17-21,38H2,(H2,39,47)(H,43,48)(H,44,49)(H3,40,41,45)/t25-,28-,31+,32+/m1/s1. The summed E-state index contributed by atoms with van der Waals surface area (Å²) in [5, 5.41) is 17.0. The van der Waals surface area contributed by atoms with Gasteiger partial charge in [-0.05, 0) is 73.4 Å². The van der Waals surface area contributed by atoms with Gasteiger partial charge in [-0.1, -0.05) is 77.7 Å². The SMILES string of the molecule is NC(=O)[C@H](Cc1c[nH]c2ccccc12)NC(=O)[C@H](CCCN=C(N)N[N+](=O)[O-])NC(=O)[C@H](CC[C@@H](N)Cc1ccc(Cl)cc1)Cc1ccccc1. The lowest BCUT2D eigenvalue weighted by atomic mass is 9.90. The molecule has 0 bridgehead atoms. The highest BCUT2D eigenvalue weighted by Gasteiger charge is 2.29. The molecular formula is C36H44ClN9O5. The molecule has 4 aromatic rings.